The first-order valence-corrected chi connectivity index (χ1v) is 6.52. The second-order valence-corrected chi connectivity index (χ2v) is 4.64. The Morgan fingerprint density at radius 3 is 3.00 bits per heavy atom. The fraction of sp³-hybridized carbons (Fsp3) is 0.250. The molecule has 0 atom stereocenters. The molecule has 1 amide bonds. The molecule has 6 nitrogen and oxygen atoms in total. The van der Waals surface area contributed by atoms with Crippen LogP contribution in [0, 0.1) is 0 Å². The van der Waals surface area contributed by atoms with E-state index >= 15 is 0 Å². The number of carbonyl (C=O) groups is 2. The zero-order valence-electron chi connectivity index (χ0n) is 10.2. The van der Waals surface area contributed by atoms with E-state index in [9.17, 15) is 9.59 Å². The molecule has 0 aliphatic heterocycles. The molecule has 2 aromatic heterocycles. The van der Waals surface area contributed by atoms with Crippen molar-refractivity contribution in [2.75, 3.05) is 5.32 Å². The lowest BCUT2D eigenvalue weighted by Gasteiger charge is -2.00. The Labute approximate surface area is 113 Å². The van der Waals surface area contributed by atoms with Gasteiger partial charge in [0.05, 0.1) is 23.9 Å². The van der Waals surface area contributed by atoms with Crippen molar-refractivity contribution in [2.45, 2.75) is 19.8 Å². The zero-order chi connectivity index (χ0) is 13.8. The number of furan rings is 1. The monoisotopic (exact) mass is 280 g/mol. The second kappa shape index (κ2) is 5.66. The number of aliphatic carboxylic acids is 1. The van der Waals surface area contributed by atoms with Crippen LogP contribution in [0.3, 0.4) is 0 Å². The van der Waals surface area contributed by atoms with Gasteiger partial charge >= 0.3 is 5.97 Å². The number of rotatable bonds is 5. The maximum atomic E-state index is 12.0. The molecule has 0 unspecified atom stereocenters. The average molecular weight is 280 g/mol. The molecule has 0 saturated carbocycles. The molecule has 0 spiro atoms. The standard InChI is InChI=1S/C12H12N2O4S/c1-2-9-8(3-4-18-9)11(17)14-12-13-7(6-19-12)5-10(15)16/h3-4,6H,2,5H2,1H3,(H,15,16)(H,13,14,17). The molecule has 2 N–H and O–H groups in total. The SMILES string of the molecule is CCc1occc1C(=O)Nc1nc(CC(=O)O)cs1. The molecular formula is C12H12N2O4S. The molecule has 0 aliphatic carbocycles. The number of hydrogen-bond donors (Lipinski definition) is 2. The van der Waals surface area contributed by atoms with Gasteiger partial charge in [0.15, 0.2) is 5.13 Å². The van der Waals surface area contributed by atoms with Crippen molar-refractivity contribution in [1.82, 2.24) is 4.98 Å². The number of amides is 1. The molecule has 19 heavy (non-hydrogen) atoms. The van der Waals surface area contributed by atoms with Crippen molar-refractivity contribution < 1.29 is 19.1 Å². The van der Waals surface area contributed by atoms with Crippen molar-refractivity contribution in [3.63, 3.8) is 0 Å². The molecule has 0 radical (unpaired) electrons. The molecular weight excluding hydrogens is 268 g/mol. The predicted octanol–water partition coefficient (Wildman–Crippen LogP) is 2.18. The van der Waals surface area contributed by atoms with Crippen LogP contribution in [-0.2, 0) is 17.6 Å². The number of aryl methyl sites for hydroxylation is 1. The number of thiazole rings is 1. The number of anilines is 1. The summed E-state index contributed by atoms with van der Waals surface area (Å²) in [5.41, 5.74) is 0.896. The Morgan fingerprint density at radius 1 is 1.53 bits per heavy atom. The Morgan fingerprint density at radius 2 is 2.32 bits per heavy atom. The van der Waals surface area contributed by atoms with E-state index in [0.29, 0.717) is 28.6 Å². The third kappa shape index (κ3) is 3.19. The summed E-state index contributed by atoms with van der Waals surface area (Å²) in [6, 6.07) is 1.60. The zero-order valence-corrected chi connectivity index (χ0v) is 11.0. The first kappa shape index (κ1) is 13.3. The summed E-state index contributed by atoms with van der Waals surface area (Å²) in [6.07, 6.45) is 1.93. The van der Waals surface area contributed by atoms with Crippen LogP contribution in [0.4, 0.5) is 5.13 Å². The molecule has 0 aliphatic rings. The number of hydrogen-bond acceptors (Lipinski definition) is 5. The molecule has 100 valence electrons. The van der Waals surface area contributed by atoms with Gasteiger partial charge in [-0.3, -0.25) is 14.9 Å². The highest BCUT2D eigenvalue weighted by Gasteiger charge is 2.15. The fourth-order valence-corrected chi connectivity index (χ4v) is 2.29. The van der Waals surface area contributed by atoms with Gasteiger partial charge in [-0.1, -0.05) is 6.92 Å². The van der Waals surface area contributed by atoms with E-state index < -0.39 is 5.97 Å². The highest BCUT2D eigenvalue weighted by atomic mass is 32.1. The van der Waals surface area contributed by atoms with Crippen LogP contribution < -0.4 is 5.32 Å². The van der Waals surface area contributed by atoms with Crippen molar-refractivity contribution in [3.05, 3.63) is 34.7 Å². The number of carboxylic acids is 1. The lowest BCUT2D eigenvalue weighted by molar-refractivity contribution is -0.136. The van der Waals surface area contributed by atoms with Gasteiger partial charge in [0.2, 0.25) is 0 Å². The van der Waals surface area contributed by atoms with Gasteiger partial charge in [0.25, 0.3) is 5.91 Å². The van der Waals surface area contributed by atoms with Gasteiger partial charge in [0, 0.05) is 11.8 Å². The fourth-order valence-electron chi connectivity index (χ4n) is 1.58. The first-order valence-electron chi connectivity index (χ1n) is 5.64. The quantitative estimate of drug-likeness (QED) is 0.875. The minimum absolute atomic E-state index is 0.154. The molecule has 0 aromatic carbocycles. The first-order chi connectivity index (χ1) is 9.10. The minimum atomic E-state index is -0.953. The number of nitrogens with one attached hydrogen (secondary N) is 1. The summed E-state index contributed by atoms with van der Waals surface area (Å²) in [5, 5.41) is 13.3. The van der Waals surface area contributed by atoms with Crippen LogP contribution in [0.1, 0.15) is 28.7 Å². The summed E-state index contributed by atoms with van der Waals surface area (Å²) in [4.78, 5) is 26.5. The van der Waals surface area contributed by atoms with E-state index in [4.69, 9.17) is 9.52 Å². The minimum Gasteiger partial charge on any atom is -0.481 e. The lowest BCUT2D eigenvalue weighted by atomic mass is 10.2. The molecule has 0 bridgehead atoms. The normalized spacial score (nSPS) is 10.4. The number of nitrogens with zero attached hydrogens (tertiary/aromatic N) is 1. The van der Waals surface area contributed by atoms with Crippen LogP contribution in [0.25, 0.3) is 0 Å². The summed E-state index contributed by atoms with van der Waals surface area (Å²) < 4.78 is 5.17. The summed E-state index contributed by atoms with van der Waals surface area (Å²) in [5.74, 6) is -0.645. The third-order valence-corrected chi connectivity index (χ3v) is 3.22. The van der Waals surface area contributed by atoms with E-state index in [1.165, 1.54) is 17.6 Å². The Hall–Kier alpha value is -2.15. The van der Waals surface area contributed by atoms with Crippen molar-refractivity contribution in [2.24, 2.45) is 0 Å². The van der Waals surface area contributed by atoms with Crippen molar-refractivity contribution in [1.29, 1.82) is 0 Å². The largest absolute Gasteiger partial charge is 0.481 e. The lowest BCUT2D eigenvalue weighted by Crippen LogP contribution is -2.12. The Balaban J connectivity index is 2.07. The average Bonchev–Trinajstić information content (AvgIpc) is 2.96. The summed E-state index contributed by atoms with van der Waals surface area (Å²) >= 11 is 1.19. The smallest absolute Gasteiger partial charge is 0.309 e. The molecule has 2 heterocycles. The Bertz CT molecular complexity index is 602. The van der Waals surface area contributed by atoms with Crippen LogP contribution >= 0.6 is 11.3 Å². The second-order valence-electron chi connectivity index (χ2n) is 3.78. The molecule has 0 fully saturated rings. The summed E-state index contributed by atoms with van der Waals surface area (Å²) in [7, 11) is 0. The number of carbonyl (C=O) groups excluding carboxylic acids is 1. The van der Waals surface area contributed by atoms with E-state index in [2.05, 4.69) is 10.3 Å². The predicted molar refractivity (Wildman–Crippen MR) is 69.5 cm³/mol. The van der Waals surface area contributed by atoms with Gasteiger partial charge < -0.3 is 9.52 Å². The van der Waals surface area contributed by atoms with Crippen LogP contribution in [0.2, 0.25) is 0 Å². The Kier molecular flexibility index (Phi) is 3.96. The van der Waals surface area contributed by atoms with Crippen molar-refractivity contribution >= 4 is 28.3 Å². The molecule has 7 heteroatoms. The highest BCUT2D eigenvalue weighted by molar-refractivity contribution is 7.14. The topological polar surface area (TPSA) is 92.4 Å². The maximum absolute atomic E-state index is 12.0. The number of carboxylic acid groups (broad SMARTS) is 1. The van der Waals surface area contributed by atoms with E-state index in [0.717, 1.165) is 0 Å². The number of aromatic nitrogens is 1. The van der Waals surface area contributed by atoms with Crippen LogP contribution in [0.15, 0.2) is 22.1 Å². The van der Waals surface area contributed by atoms with Crippen LogP contribution in [-0.4, -0.2) is 22.0 Å². The third-order valence-electron chi connectivity index (χ3n) is 2.42. The molecule has 2 rings (SSSR count). The molecule has 0 saturated heterocycles. The van der Waals surface area contributed by atoms with Crippen LogP contribution in [0.5, 0.6) is 0 Å². The van der Waals surface area contributed by atoms with Gasteiger partial charge in [-0.2, -0.15) is 0 Å². The van der Waals surface area contributed by atoms with Gasteiger partial charge in [-0.15, -0.1) is 11.3 Å². The summed E-state index contributed by atoms with van der Waals surface area (Å²) in [6.45, 7) is 1.89. The van der Waals surface area contributed by atoms with Crippen molar-refractivity contribution in [3.8, 4) is 0 Å². The van der Waals surface area contributed by atoms with Gasteiger partial charge in [-0.25, -0.2) is 4.98 Å². The van der Waals surface area contributed by atoms with E-state index in [1.807, 2.05) is 6.92 Å². The van der Waals surface area contributed by atoms with E-state index in [1.54, 1.807) is 11.4 Å². The van der Waals surface area contributed by atoms with E-state index in [-0.39, 0.29) is 12.3 Å². The van der Waals surface area contributed by atoms with Gasteiger partial charge in [-0.05, 0) is 6.07 Å². The van der Waals surface area contributed by atoms with Gasteiger partial charge in [0.1, 0.15) is 5.76 Å². The molecule has 2 aromatic rings. The highest BCUT2D eigenvalue weighted by Crippen LogP contribution is 2.18. The maximum Gasteiger partial charge on any atom is 0.309 e.